The monoisotopic (exact) mass is 444 g/mol. The molecule has 0 aliphatic carbocycles. The van der Waals surface area contributed by atoms with Gasteiger partial charge in [-0.2, -0.15) is 0 Å². The summed E-state index contributed by atoms with van der Waals surface area (Å²) in [7, 11) is 0. The number of amides is 2. The lowest BCUT2D eigenvalue weighted by atomic mass is 10.0. The fraction of sp³-hybridized carbons (Fsp3) is 0.364. The molecule has 2 aromatic rings. The Morgan fingerprint density at radius 1 is 1.19 bits per heavy atom. The van der Waals surface area contributed by atoms with Gasteiger partial charge in [-0.1, -0.05) is 38.1 Å². The highest BCUT2D eigenvalue weighted by molar-refractivity contribution is 5.98. The summed E-state index contributed by atoms with van der Waals surface area (Å²) < 4.78 is 10.1. The van der Waals surface area contributed by atoms with Gasteiger partial charge < -0.3 is 30.3 Å². The van der Waals surface area contributed by atoms with Gasteiger partial charge in [0, 0.05) is 0 Å². The molecule has 0 spiro atoms. The number of carbonyl (C=O) groups excluding carboxylic acids is 3. The van der Waals surface area contributed by atoms with Gasteiger partial charge in [-0.3, -0.25) is 14.4 Å². The van der Waals surface area contributed by atoms with Crippen molar-refractivity contribution in [3.05, 3.63) is 42.0 Å². The number of hydrogen-bond donors (Lipinski definition) is 4. The first-order chi connectivity index (χ1) is 15.2. The molecule has 0 bridgehead atoms. The zero-order valence-corrected chi connectivity index (χ0v) is 17.5. The Kier molecular flexibility index (Phi) is 6.94. The van der Waals surface area contributed by atoms with Crippen LogP contribution in [0.1, 0.15) is 30.6 Å². The summed E-state index contributed by atoms with van der Waals surface area (Å²) in [6.45, 7) is 2.91. The first-order valence-electron chi connectivity index (χ1n) is 10.0. The second-order valence-electron chi connectivity index (χ2n) is 7.78. The zero-order valence-electron chi connectivity index (χ0n) is 17.5. The summed E-state index contributed by atoms with van der Waals surface area (Å²) in [4.78, 5) is 47.8. The number of aromatic carboxylic acids is 1. The van der Waals surface area contributed by atoms with Crippen LogP contribution in [-0.4, -0.2) is 58.9 Å². The highest BCUT2D eigenvalue weighted by Gasteiger charge is 2.36. The van der Waals surface area contributed by atoms with Crippen molar-refractivity contribution in [1.29, 1.82) is 0 Å². The molecule has 1 aliphatic heterocycles. The van der Waals surface area contributed by atoms with Gasteiger partial charge in [0.15, 0.2) is 6.61 Å². The summed E-state index contributed by atoms with van der Waals surface area (Å²) in [6.07, 6.45) is -1.62. The second kappa shape index (κ2) is 9.65. The molecule has 10 nitrogen and oxygen atoms in total. The van der Waals surface area contributed by atoms with Crippen molar-refractivity contribution in [2.24, 2.45) is 5.92 Å². The summed E-state index contributed by atoms with van der Waals surface area (Å²) in [5.74, 6) is -3.34. The number of fused-ring (bicyclic) bond motifs is 1. The maximum absolute atomic E-state index is 12.6. The molecule has 10 heteroatoms. The topological polar surface area (TPSA) is 151 Å². The van der Waals surface area contributed by atoms with Crippen LogP contribution >= 0.6 is 0 Å². The predicted octanol–water partition coefficient (Wildman–Crippen LogP) is 0.808. The minimum atomic E-state index is -1.44. The third-order valence-corrected chi connectivity index (χ3v) is 5.01. The van der Waals surface area contributed by atoms with E-state index >= 15 is 0 Å². The molecule has 3 rings (SSSR count). The van der Waals surface area contributed by atoms with Gasteiger partial charge in [-0.15, -0.1) is 0 Å². The van der Waals surface area contributed by atoms with Crippen molar-refractivity contribution < 1.29 is 38.9 Å². The van der Waals surface area contributed by atoms with Gasteiger partial charge in [0.05, 0.1) is 6.42 Å². The third kappa shape index (κ3) is 5.33. The number of rotatable bonds is 8. The van der Waals surface area contributed by atoms with Crippen LogP contribution in [-0.2, 0) is 19.1 Å². The molecular formula is C22H24N2O8. The van der Waals surface area contributed by atoms with E-state index in [4.69, 9.17) is 4.74 Å². The third-order valence-electron chi connectivity index (χ3n) is 5.01. The average molecular weight is 444 g/mol. The molecule has 3 atom stereocenters. The molecule has 0 saturated carbocycles. The Morgan fingerprint density at radius 2 is 1.84 bits per heavy atom. The van der Waals surface area contributed by atoms with Gasteiger partial charge in [-0.05, 0) is 28.8 Å². The number of nitrogens with one attached hydrogen (secondary N) is 2. The number of benzene rings is 2. The van der Waals surface area contributed by atoms with Gasteiger partial charge in [0.2, 0.25) is 12.2 Å². The molecule has 170 valence electrons. The SMILES string of the molecule is CC(C)[C@H](NC(=O)COc1cc2ccccc2cc1C(=O)O)C(=O)N[C@H]1CC(=O)OC1O. The lowest BCUT2D eigenvalue weighted by molar-refractivity contribution is -0.155. The molecule has 1 saturated heterocycles. The normalized spacial score (nSPS) is 18.8. The van der Waals surface area contributed by atoms with E-state index in [1.165, 1.54) is 12.1 Å². The first kappa shape index (κ1) is 23.0. The second-order valence-corrected chi connectivity index (χ2v) is 7.78. The zero-order chi connectivity index (χ0) is 23.4. The maximum atomic E-state index is 12.6. The van der Waals surface area contributed by atoms with E-state index in [1.54, 1.807) is 38.1 Å². The Labute approximate surface area is 183 Å². The molecule has 1 fully saturated rings. The highest BCUT2D eigenvalue weighted by atomic mass is 16.6. The molecule has 4 N–H and O–H groups in total. The Hall–Kier alpha value is -3.66. The molecule has 0 radical (unpaired) electrons. The molecule has 1 aliphatic rings. The number of aliphatic hydroxyl groups excluding tert-OH is 1. The maximum Gasteiger partial charge on any atom is 0.339 e. The first-order valence-corrected chi connectivity index (χ1v) is 10.0. The van der Waals surface area contributed by atoms with Crippen molar-refractivity contribution in [1.82, 2.24) is 10.6 Å². The number of carbonyl (C=O) groups is 4. The highest BCUT2D eigenvalue weighted by Crippen LogP contribution is 2.26. The minimum absolute atomic E-state index is 0.0293. The molecule has 32 heavy (non-hydrogen) atoms. The Bertz CT molecular complexity index is 1050. The van der Waals surface area contributed by atoms with E-state index in [0.29, 0.717) is 0 Å². The van der Waals surface area contributed by atoms with E-state index in [0.717, 1.165) is 10.8 Å². The van der Waals surface area contributed by atoms with Crippen LogP contribution in [0.25, 0.3) is 10.8 Å². The number of esters is 1. The molecular weight excluding hydrogens is 420 g/mol. The predicted molar refractivity (Wildman–Crippen MR) is 112 cm³/mol. The average Bonchev–Trinajstić information content (AvgIpc) is 3.05. The number of cyclic esters (lactones) is 1. The van der Waals surface area contributed by atoms with Crippen molar-refractivity contribution in [3.8, 4) is 5.75 Å². The van der Waals surface area contributed by atoms with Crippen LogP contribution < -0.4 is 15.4 Å². The molecule has 2 aromatic carbocycles. The van der Waals surface area contributed by atoms with Crippen molar-refractivity contribution >= 4 is 34.5 Å². The summed E-state index contributed by atoms with van der Waals surface area (Å²) in [5, 5.41) is 25.6. The lowest BCUT2D eigenvalue weighted by Crippen LogP contribution is -2.54. The van der Waals surface area contributed by atoms with Crippen LogP contribution in [0.5, 0.6) is 5.75 Å². The number of ether oxygens (including phenoxy) is 2. The van der Waals surface area contributed by atoms with E-state index < -0.39 is 48.7 Å². The van der Waals surface area contributed by atoms with Crippen LogP contribution in [0, 0.1) is 5.92 Å². The quantitative estimate of drug-likeness (QED) is 0.437. The number of carboxylic acid groups (broad SMARTS) is 1. The number of hydrogen-bond acceptors (Lipinski definition) is 7. The number of carboxylic acids is 1. The minimum Gasteiger partial charge on any atom is -0.483 e. The Morgan fingerprint density at radius 3 is 2.41 bits per heavy atom. The van der Waals surface area contributed by atoms with Gasteiger partial charge in [-0.25, -0.2) is 4.79 Å². The van der Waals surface area contributed by atoms with Gasteiger partial charge >= 0.3 is 11.9 Å². The fourth-order valence-electron chi connectivity index (χ4n) is 3.34. The largest absolute Gasteiger partial charge is 0.483 e. The van der Waals surface area contributed by atoms with E-state index in [-0.39, 0.29) is 23.7 Å². The van der Waals surface area contributed by atoms with Crippen molar-refractivity contribution in [3.63, 3.8) is 0 Å². The van der Waals surface area contributed by atoms with Crippen LogP contribution in [0.3, 0.4) is 0 Å². The lowest BCUT2D eigenvalue weighted by Gasteiger charge is -2.24. The van der Waals surface area contributed by atoms with Crippen LogP contribution in [0.15, 0.2) is 36.4 Å². The summed E-state index contributed by atoms with van der Waals surface area (Å²) >= 11 is 0. The van der Waals surface area contributed by atoms with Gasteiger partial charge in [0.25, 0.3) is 5.91 Å². The fourth-order valence-corrected chi connectivity index (χ4v) is 3.34. The molecule has 2 amide bonds. The van der Waals surface area contributed by atoms with Crippen molar-refractivity contribution in [2.45, 2.75) is 38.6 Å². The van der Waals surface area contributed by atoms with Crippen LogP contribution in [0.2, 0.25) is 0 Å². The van der Waals surface area contributed by atoms with Crippen LogP contribution in [0.4, 0.5) is 0 Å². The van der Waals surface area contributed by atoms with E-state index in [1.807, 2.05) is 0 Å². The smallest absolute Gasteiger partial charge is 0.339 e. The molecule has 1 unspecified atom stereocenters. The standard InChI is InChI=1S/C22H24N2O8/c1-11(2)19(20(27)23-15-9-18(26)32-22(15)30)24-17(25)10-31-16-8-13-6-4-3-5-12(13)7-14(16)21(28)29/h3-8,11,15,19,22,30H,9-10H2,1-2H3,(H,23,27)(H,24,25)(H,28,29)/t15-,19-,22?/m0/s1. The number of aliphatic hydroxyl groups is 1. The Balaban J connectivity index is 1.66. The van der Waals surface area contributed by atoms with Crippen molar-refractivity contribution in [2.75, 3.05) is 6.61 Å². The summed E-state index contributed by atoms with van der Waals surface area (Å²) in [5.41, 5.74) is -0.0884. The molecule has 1 heterocycles. The van der Waals surface area contributed by atoms with E-state index in [2.05, 4.69) is 15.4 Å². The van der Waals surface area contributed by atoms with Gasteiger partial charge in [0.1, 0.15) is 23.4 Å². The summed E-state index contributed by atoms with van der Waals surface area (Å²) in [6, 6.07) is 8.27. The van der Waals surface area contributed by atoms with E-state index in [9.17, 15) is 29.4 Å². The molecule has 0 aromatic heterocycles.